The Morgan fingerprint density at radius 3 is 0.969 bits per heavy atom. The van der Waals surface area contributed by atoms with Gasteiger partial charge >= 0.3 is 0 Å². The van der Waals surface area contributed by atoms with Gasteiger partial charge in [-0.15, -0.1) is 0 Å². The zero-order valence-electron chi connectivity index (χ0n) is 21.0. The summed E-state index contributed by atoms with van der Waals surface area (Å²) in [5.41, 5.74) is 0. The Kier molecular flexibility index (Phi) is 22.1. The predicted octanol–water partition coefficient (Wildman–Crippen LogP) is 3.52. The zero-order valence-corrected chi connectivity index (χ0v) is 23.5. The third-order valence-electron chi connectivity index (χ3n) is 4.95. The number of alkyl halides is 1. The molecule has 0 aliphatic heterocycles. The van der Waals surface area contributed by atoms with E-state index in [0.717, 1.165) is 5.33 Å². The highest BCUT2D eigenvalue weighted by Crippen LogP contribution is 2.36. The van der Waals surface area contributed by atoms with Crippen LogP contribution in [0.5, 0.6) is 0 Å². The van der Waals surface area contributed by atoms with Crippen LogP contribution in [-0.2, 0) is 37.6 Å². The molecule has 0 atom stereocenters. The summed E-state index contributed by atoms with van der Waals surface area (Å²) in [6, 6.07) is 0. The van der Waals surface area contributed by atoms with Crippen molar-refractivity contribution in [2.75, 3.05) is 104 Å². The molecule has 0 fully saturated rings. The van der Waals surface area contributed by atoms with E-state index in [-0.39, 0.29) is 5.04 Å². The second-order valence-corrected chi connectivity index (χ2v) is 14.2. The molecule has 32 heavy (non-hydrogen) atoms. The highest BCUT2D eigenvalue weighted by Gasteiger charge is 2.36. The van der Waals surface area contributed by atoms with Crippen molar-refractivity contribution in [3.63, 3.8) is 0 Å². The number of hydrogen-bond donors (Lipinski definition) is 0. The molecule has 0 N–H and O–H groups in total. The van der Waals surface area contributed by atoms with Crippen LogP contribution in [0.15, 0.2) is 0 Å². The third-order valence-corrected chi connectivity index (χ3v) is 9.81. The van der Waals surface area contributed by atoms with Gasteiger partial charge < -0.3 is 37.6 Å². The van der Waals surface area contributed by atoms with Gasteiger partial charge in [-0.05, 0) is 18.1 Å². The zero-order chi connectivity index (χ0) is 24.0. The van der Waals surface area contributed by atoms with Gasteiger partial charge in [0.25, 0.3) is 0 Å². The lowest BCUT2D eigenvalue weighted by Crippen LogP contribution is -2.41. The second kappa shape index (κ2) is 21.9. The minimum Gasteiger partial charge on any atom is -0.414 e. The molecule has 194 valence electrons. The molecule has 0 amide bonds. The van der Waals surface area contributed by atoms with Crippen molar-refractivity contribution < 1.29 is 37.6 Å². The van der Waals surface area contributed by atoms with Crippen molar-refractivity contribution >= 4 is 24.2 Å². The average Bonchev–Trinajstić information content (AvgIpc) is 2.73. The fraction of sp³-hybridized carbons (Fsp3) is 1.00. The Labute approximate surface area is 205 Å². The normalized spacial score (nSPS) is 12.6. The van der Waals surface area contributed by atoms with Gasteiger partial charge in [0.15, 0.2) is 8.32 Å². The summed E-state index contributed by atoms with van der Waals surface area (Å²) in [7, 11) is -1.68. The van der Waals surface area contributed by atoms with Gasteiger partial charge in [-0.1, -0.05) is 36.7 Å². The molecule has 0 aliphatic rings. The first-order chi connectivity index (χ1) is 15.3. The van der Waals surface area contributed by atoms with E-state index in [0.29, 0.717) is 99.1 Å². The number of rotatable bonds is 24. The van der Waals surface area contributed by atoms with E-state index < -0.39 is 8.32 Å². The minimum atomic E-state index is -1.68. The maximum absolute atomic E-state index is 6.06. The molecule has 0 spiro atoms. The molecule has 0 aromatic heterocycles. The highest BCUT2D eigenvalue weighted by molar-refractivity contribution is 9.09. The molecule has 0 radical (unpaired) electrons. The van der Waals surface area contributed by atoms with Gasteiger partial charge in [-0.3, -0.25) is 0 Å². The highest BCUT2D eigenvalue weighted by atomic mass is 79.9. The molecular formula is C22H47BrO8Si. The Hall–Kier alpha value is 0.377. The molecule has 10 heteroatoms. The number of ether oxygens (including phenoxy) is 7. The van der Waals surface area contributed by atoms with E-state index in [9.17, 15) is 0 Å². The summed E-state index contributed by atoms with van der Waals surface area (Å²) in [5.74, 6) is 0. The number of hydrogen-bond acceptors (Lipinski definition) is 8. The summed E-state index contributed by atoms with van der Waals surface area (Å²) >= 11 is 3.30. The van der Waals surface area contributed by atoms with E-state index in [2.05, 4.69) is 49.8 Å². The van der Waals surface area contributed by atoms with Crippen molar-refractivity contribution in [1.29, 1.82) is 0 Å². The lowest BCUT2D eigenvalue weighted by atomic mass is 10.2. The van der Waals surface area contributed by atoms with E-state index in [4.69, 9.17) is 37.6 Å². The molecule has 0 aromatic carbocycles. The molecule has 0 saturated carbocycles. The molecule has 0 bridgehead atoms. The molecule has 0 rings (SSSR count). The molecule has 0 unspecified atom stereocenters. The number of halogens is 1. The van der Waals surface area contributed by atoms with Crippen molar-refractivity contribution in [2.24, 2.45) is 0 Å². The van der Waals surface area contributed by atoms with Crippen LogP contribution in [0.4, 0.5) is 0 Å². The summed E-state index contributed by atoms with van der Waals surface area (Å²) in [6.07, 6.45) is 0. The van der Waals surface area contributed by atoms with Crippen LogP contribution in [0.25, 0.3) is 0 Å². The summed E-state index contributed by atoms with van der Waals surface area (Å²) in [4.78, 5) is 0. The Morgan fingerprint density at radius 2 is 0.719 bits per heavy atom. The quantitative estimate of drug-likeness (QED) is 0.103. The predicted molar refractivity (Wildman–Crippen MR) is 133 cm³/mol. The van der Waals surface area contributed by atoms with Crippen LogP contribution in [0.3, 0.4) is 0 Å². The summed E-state index contributed by atoms with van der Waals surface area (Å²) < 4.78 is 44.1. The van der Waals surface area contributed by atoms with Crippen molar-refractivity contribution in [3.8, 4) is 0 Å². The van der Waals surface area contributed by atoms with Gasteiger partial charge in [-0.2, -0.15) is 0 Å². The summed E-state index contributed by atoms with van der Waals surface area (Å²) in [5, 5.41) is 1.08. The van der Waals surface area contributed by atoms with Crippen molar-refractivity contribution in [1.82, 2.24) is 0 Å². The lowest BCUT2D eigenvalue weighted by molar-refractivity contribution is -0.0209. The van der Waals surface area contributed by atoms with Gasteiger partial charge in [0.2, 0.25) is 0 Å². The summed E-state index contributed by atoms with van der Waals surface area (Å²) in [6.45, 7) is 19.9. The van der Waals surface area contributed by atoms with Gasteiger partial charge in [-0.25, -0.2) is 0 Å². The maximum atomic E-state index is 6.06. The second-order valence-electron chi connectivity index (χ2n) is 8.58. The molecule has 8 nitrogen and oxygen atoms in total. The topological polar surface area (TPSA) is 73.8 Å². The fourth-order valence-corrected chi connectivity index (χ4v) is 3.30. The van der Waals surface area contributed by atoms with Crippen LogP contribution < -0.4 is 0 Å². The first kappa shape index (κ1) is 32.4. The standard InChI is InChI=1S/C22H47BrO8Si/c1-22(2,3)32(4,5)31-21-20-30-19-18-29-17-16-28-15-14-27-13-12-26-11-10-25-9-8-24-7-6-23/h6-21H2,1-5H3. The third kappa shape index (κ3) is 20.9. The SMILES string of the molecule is CC(C)(C)[Si](C)(C)OCCOCCOCCOCCOCCOCCOCCOCCBr. The van der Waals surface area contributed by atoms with Crippen molar-refractivity contribution in [3.05, 3.63) is 0 Å². The monoisotopic (exact) mass is 546 g/mol. The Bertz CT molecular complexity index is 397. The Morgan fingerprint density at radius 1 is 0.469 bits per heavy atom. The van der Waals surface area contributed by atoms with Crippen LogP contribution in [0.2, 0.25) is 18.1 Å². The fourth-order valence-electron chi connectivity index (χ4n) is 2.05. The van der Waals surface area contributed by atoms with Crippen molar-refractivity contribution in [2.45, 2.75) is 38.9 Å². The van der Waals surface area contributed by atoms with Gasteiger partial charge in [0, 0.05) is 5.33 Å². The molecule has 0 aromatic rings. The lowest BCUT2D eigenvalue weighted by Gasteiger charge is -2.36. The van der Waals surface area contributed by atoms with Crippen LogP contribution in [0.1, 0.15) is 20.8 Å². The average molecular weight is 548 g/mol. The molecule has 0 saturated heterocycles. The maximum Gasteiger partial charge on any atom is 0.192 e. The van der Waals surface area contributed by atoms with Crippen LogP contribution in [-0.4, -0.2) is 113 Å². The molecule has 0 heterocycles. The van der Waals surface area contributed by atoms with Crippen LogP contribution in [0, 0.1) is 0 Å². The first-order valence-electron chi connectivity index (χ1n) is 11.6. The van der Waals surface area contributed by atoms with E-state index in [1.54, 1.807) is 0 Å². The van der Waals surface area contributed by atoms with E-state index in [1.165, 1.54) is 0 Å². The Balaban J connectivity index is 3.15. The smallest absolute Gasteiger partial charge is 0.192 e. The van der Waals surface area contributed by atoms with E-state index in [1.807, 2.05) is 0 Å². The van der Waals surface area contributed by atoms with E-state index >= 15 is 0 Å². The molecular weight excluding hydrogens is 500 g/mol. The largest absolute Gasteiger partial charge is 0.414 e. The first-order valence-corrected chi connectivity index (χ1v) is 15.6. The van der Waals surface area contributed by atoms with Gasteiger partial charge in [0.1, 0.15) is 0 Å². The van der Waals surface area contributed by atoms with Crippen LogP contribution >= 0.6 is 15.9 Å². The minimum absolute atomic E-state index is 0.229. The molecule has 0 aliphatic carbocycles. The van der Waals surface area contributed by atoms with Gasteiger partial charge in [0.05, 0.1) is 99.1 Å².